The van der Waals surface area contributed by atoms with Crippen molar-refractivity contribution in [1.82, 2.24) is 5.32 Å². The van der Waals surface area contributed by atoms with Crippen molar-refractivity contribution in [3.05, 3.63) is 29.8 Å². The average Bonchev–Trinajstić information content (AvgIpc) is 2.38. The van der Waals surface area contributed by atoms with Gasteiger partial charge in [0.25, 0.3) is 0 Å². The largest absolute Gasteiger partial charge is 0.493 e. The van der Waals surface area contributed by atoms with Crippen LogP contribution in [-0.4, -0.2) is 35.4 Å². The molecule has 1 aromatic carbocycles. The lowest BCUT2D eigenvalue weighted by molar-refractivity contribution is -0.146. The van der Waals surface area contributed by atoms with E-state index in [4.69, 9.17) is 9.84 Å². The molecule has 20 heavy (non-hydrogen) atoms. The van der Waals surface area contributed by atoms with E-state index < -0.39 is 17.4 Å². The summed E-state index contributed by atoms with van der Waals surface area (Å²) in [7, 11) is 0. The van der Waals surface area contributed by atoms with Crippen LogP contribution in [0.2, 0.25) is 0 Å². The van der Waals surface area contributed by atoms with Crippen LogP contribution in [-0.2, 0) is 9.59 Å². The van der Waals surface area contributed by atoms with Gasteiger partial charge < -0.3 is 15.2 Å². The molecule has 108 valence electrons. The van der Waals surface area contributed by atoms with Gasteiger partial charge in [-0.15, -0.1) is 0 Å². The maximum atomic E-state index is 11.6. The Morgan fingerprint density at radius 2 is 1.90 bits per heavy atom. The second-order valence-electron chi connectivity index (χ2n) is 4.76. The van der Waals surface area contributed by atoms with Crippen LogP contribution in [0.3, 0.4) is 0 Å². The van der Waals surface area contributed by atoms with E-state index in [-0.39, 0.29) is 13.0 Å². The lowest BCUT2D eigenvalue weighted by Gasteiger charge is -2.20. The van der Waals surface area contributed by atoms with E-state index in [2.05, 4.69) is 5.32 Å². The van der Waals surface area contributed by atoms with Gasteiger partial charge in [-0.1, -0.05) is 0 Å². The van der Waals surface area contributed by atoms with Gasteiger partial charge >= 0.3 is 5.97 Å². The topological polar surface area (TPSA) is 92.7 Å². The molecule has 1 aromatic rings. The number of nitrogens with one attached hydrogen (secondary N) is 1. The maximum absolute atomic E-state index is 11.6. The number of benzene rings is 1. The monoisotopic (exact) mass is 279 g/mol. The number of amides is 1. The van der Waals surface area contributed by atoms with Crippen molar-refractivity contribution in [3.8, 4) is 5.75 Å². The molecule has 6 nitrogen and oxygen atoms in total. The number of rotatable bonds is 7. The Labute approximate surface area is 116 Å². The molecule has 6 heteroatoms. The molecule has 0 bridgehead atoms. The van der Waals surface area contributed by atoms with E-state index in [0.717, 1.165) is 6.29 Å². The van der Waals surface area contributed by atoms with E-state index in [9.17, 15) is 14.4 Å². The fourth-order valence-electron chi connectivity index (χ4n) is 1.37. The molecule has 0 aromatic heterocycles. The third-order valence-corrected chi connectivity index (χ3v) is 2.60. The minimum absolute atomic E-state index is 0.0478. The molecule has 0 radical (unpaired) electrons. The van der Waals surface area contributed by atoms with Gasteiger partial charge in [-0.05, 0) is 38.1 Å². The normalized spacial score (nSPS) is 10.7. The van der Waals surface area contributed by atoms with Crippen LogP contribution in [0.5, 0.6) is 5.75 Å². The van der Waals surface area contributed by atoms with Crippen molar-refractivity contribution >= 4 is 18.2 Å². The molecule has 0 unspecified atom stereocenters. The van der Waals surface area contributed by atoms with Crippen LogP contribution >= 0.6 is 0 Å². The minimum atomic E-state index is -1.30. The summed E-state index contributed by atoms with van der Waals surface area (Å²) in [5, 5.41) is 11.3. The highest BCUT2D eigenvalue weighted by Crippen LogP contribution is 2.11. The number of hydrogen-bond donors (Lipinski definition) is 2. The Morgan fingerprint density at radius 3 is 2.40 bits per heavy atom. The molecule has 0 saturated carbocycles. The first-order valence-electron chi connectivity index (χ1n) is 6.07. The summed E-state index contributed by atoms with van der Waals surface area (Å²) in [6.07, 6.45) is 0.775. The molecule has 0 heterocycles. The quantitative estimate of drug-likeness (QED) is 0.733. The summed E-state index contributed by atoms with van der Waals surface area (Å²) in [6.45, 7) is 2.94. The first-order valence-corrected chi connectivity index (χ1v) is 6.07. The van der Waals surface area contributed by atoms with Crippen molar-refractivity contribution in [3.63, 3.8) is 0 Å². The molecule has 0 fully saturated rings. The molecule has 1 rings (SSSR count). The second kappa shape index (κ2) is 6.70. The maximum Gasteiger partial charge on any atom is 0.328 e. The van der Waals surface area contributed by atoms with E-state index in [1.807, 2.05) is 0 Å². The summed E-state index contributed by atoms with van der Waals surface area (Å²) in [5.41, 5.74) is -0.763. The number of aliphatic carboxylic acids is 1. The number of ether oxygens (including phenoxy) is 1. The zero-order chi connectivity index (χ0) is 15.2. The van der Waals surface area contributed by atoms with Crippen molar-refractivity contribution in [2.24, 2.45) is 0 Å². The Kier molecular flexibility index (Phi) is 5.25. The number of carboxylic acid groups (broad SMARTS) is 1. The molecule has 0 atom stereocenters. The van der Waals surface area contributed by atoms with Crippen LogP contribution in [0.15, 0.2) is 24.3 Å². The van der Waals surface area contributed by atoms with Crippen molar-refractivity contribution in [1.29, 1.82) is 0 Å². The summed E-state index contributed by atoms with van der Waals surface area (Å²) < 4.78 is 5.33. The molecular formula is C14H17NO5. The second-order valence-corrected chi connectivity index (χ2v) is 4.76. The lowest BCUT2D eigenvalue weighted by Crippen LogP contribution is -2.49. The molecule has 0 aliphatic rings. The highest BCUT2D eigenvalue weighted by atomic mass is 16.5. The number of hydrogen-bond acceptors (Lipinski definition) is 4. The lowest BCUT2D eigenvalue weighted by atomic mass is 10.1. The number of carbonyl (C=O) groups is 3. The van der Waals surface area contributed by atoms with Crippen LogP contribution in [0.25, 0.3) is 0 Å². The summed E-state index contributed by atoms with van der Waals surface area (Å²) in [6, 6.07) is 6.47. The summed E-state index contributed by atoms with van der Waals surface area (Å²) in [4.78, 5) is 32.9. The molecule has 0 aliphatic carbocycles. The highest BCUT2D eigenvalue weighted by Gasteiger charge is 2.28. The van der Waals surface area contributed by atoms with Crippen molar-refractivity contribution in [2.45, 2.75) is 25.8 Å². The first-order chi connectivity index (χ1) is 9.35. The Hall–Kier alpha value is -2.37. The Balaban J connectivity index is 2.38. The predicted molar refractivity (Wildman–Crippen MR) is 71.8 cm³/mol. The standard InChI is InChI=1S/C14H17NO5/c1-14(2,13(18)19)15-12(17)7-8-20-11-5-3-10(9-16)4-6-11/h3-6,9H,7-8H2,1-2H3,(H,15,17)(H,18,19). The van der Waals surface area contributed by atoms with Gasteiger partial charge in [-0.3, -0.25) is 9.59 Å². The van der Waals surface area contributed by atoms with E-state index in [0.29, 0.717) is 11.3 Å². The van der Waals surface area contributed by atoms with Gasteiger partial charge in [0.05, 0.1) is 13.0 Å². The third kappa shape index (κ3) is 4.72. The molecular weight excluding hydrogens is 262 g/mol. The molecule has 0 saturated heterocycles. The zero-order valence-corrected chi connectivity index (χ0v) is 11.4. The highest BCUT2D eigenvalue weighted by molar-refractivity contribution is 5.86. The van der Waals surface area contributed by atoms with E-state index >= 15 is 0 Å². The zero-order valence-electron chi connectivity index (χ0n) is 11.4. The fraction of sp³-hybridized carbons (Fsp3) is 0.357. The van der Waals surface area contributed by atoms with Crippen molar-refractivity contribution < 1.29 is 24.2 Å². The first kappa shape index (κ1) is 15.7. The van der Waals surface area contributed by atoms with E-state index in [1.165, 1.54) is 13.8 Å². The van der Waals surface area contributed by atoms with Gasteiger partial charge in [0.2, 0.25) is 5.91 Å². The summed E-state index contributed by atoms with van der Waals surface area (Å²) in [5.74, 6) is -0.959. The van der Waals surface area contributed by atoms with Gasteiger partial charge in [0.1, 0.15) is 17.6 Å². The van der Waals surface area contributed by atoms with Crippen LogP contribution < -0.4 is 10.1 Å². The van der Waals surface area contributed by atoms with Gasteiger partial charge in [0.15, 0.2) is 0 Å². The van der Waals surface area contributed by atoms with Crippen LogP contribution in [0.1, 0.15) is 30.6 Å². The van der Waals surface area contributed by atoms with Gasteiger partial charge in [-0.25, -0.2) is 4.79 Å². The minimum Gasteiger partial charge on any atom is -0.493 e. The Morgan fingerprint density at radius 1 is 1.30 bits per heavy atom. The Bertz CT molecular complexity index is 493. The molecule has 2 N–H and O–H groups in total. The van der Waals surface area contributed by atoms with Gasteiger partial charge in [0, 0.05) is 5.56 Å². The number of aldehydes is 1. The fourth-order valence-corrected chi connectivity index (χ4v) is 1.37. The third-order valence-electron chi connectivity index (χ3n) is 2.60. The van der Waals surface area contributed by atoms with E-state index in [1.54, 1.807) is 24.3 Å². The van der Waals surface area contributed by atoms with Crippen LogP contribution in [0.4, 0.5) is 0 Å². The molecule has 1 amide bonds. The summed E-state index contributed by atoms with van der Waals surface area (Å²) >= 11 is 0. The molecule has 0 aliphatic heterocycles. The SMILES string of the molecule is CC(C)(NC(=O)CCOc1ccc(C=O)cc1)C(=O)O. The van der Waals surface area contributed by atoms with Crippen molar-refractivity contribution in [2.75, 3.05) is 6.61 Å². The number of carboxylic acids is 1. The smallest absolute Gasteiger partial charge is 0.328 e. The van der Waals surface area contributed by atoms with Gasteiger partial charge in [-0.2, -0.15) is 0 Å². The van der Waals surface area contributed by atoms with Crippen LogP contribution in [0, 0.1) is 0 Å². The predicted octanol–water partition coefficient (Wildman–Crippen LogP) is 1.25. The molecule has 0 spiro atoms. The number of carbonyl (C=O) groups excluding carboxylic acids is 2. The average molecular weight is 279 g/mol.